The maximum absolute atomic E-state index is 13.4. The van der Waals surface area contributed by atoms with Crippen LogP contribution in [0.3, 0.4) is 0 Å². The van der Waals surface area contributed by atoms with E-state index in [4.69, 9.17) is 0 Å². The molecule has 0 radical (unpaired) electrons. The number of nitrogens with one attached hydrogen (secondary N) is 2. The number of amides is 2. The number of rotatable bonds is 8. The Morgan fingerprint density at radius 1 is 0.724 bits per heavy atom. The van der Waals surface area contributed by atoms with Gasteiger partial charge in [0.15, 0.2) is 0 Å². The lowest BCUT2D eigenvalue weighted by Gasteiger charge is -2.23. The average Bonchev–Trinajstić information content (AvgIpc) is 2.76. The highest BCUT2D eigenvalue weighted by Gasteiger charge is 2.27. The van der Waals surface area contributed by atoms with Gasteiger partial charge in [0.05, 0.1) is 5.92 Å². The molecular weight excluding hydrogens is 360 g/mol. The molecule has 0 spiro atoms. The van der Waals surface area contributed by atoms with E-state index < -0.39 is 12.0 Å². The summed E-state index contributed by atoms with van der Waals surface area (Å²) in [6.45, 7) is 2.39. The summed E-state index contributed by atoms with van der Waals surface area (Å²) in [7, 11) is 0. The maximum atomic E-state index is 13.4. The van der Waals surface area contributed by atoms with Gasteiger partial charge >= 0.3 is 0 Å². The minimum atomic E-state index is -0.639. The first-order chi connectivity index (χ1) is 14.2. The molecule has 0 fully saturated rings. The molecule has 4 heteroatoms. The molecule has 0 unspecified atom stereocenters. The molecule has 4 nitrogen and oxygen atoms in total. The van der Waals surface area contributed by atoms with E-state index in [0.717, 1.165) is 16.7 Å². The topological polar surface area (TPSA) is 58.2 Å². The highest BCUT2D eigenvalue weighted by molar-refractivity contribution is 5.92. The van der Waals surface area contributed by atoms with Crippen LogP contribution in [0.15, 0.2) is 91.0 Å². The van der Waals surface area contributed by atoms with Crippen LogP contribution in [-0.2, 0) is 16.0 Å². The molecule has 0 aliphatic rings. The van der Waals surface area contributed by atoms with Gasteiger partial charge < -0.3 is 10.6 Å². The lowest BCUT2D eigenvalue weighted by atomic mass is 9.90. The third-order valence-corrected chi connectivity index (χ3v) is 4.79. The Kier molecular flexibility index (Phi) is 7.17. The van der Waals surface area contributed by atoms with Crippen LogP contribution in [0.1, 0.15) is 29.5 Å². The molecule has 3 aromatic carbocycles. The molecule has 0 heterocycles. The summed E-state index contributed by atoms with van der Waals surface area (Å²) in [5.74, 6) is -0.843. The summed E-state index contributed by atoms with van der Waals surface area (Å²) in [4.78, 5) is 26.0. The summed E-state index contributed by atoms with van der Waals surface area (Å²) in [5.41, 5.74) is 2.79. The molecule has 0 aliphatic carbocycles. The fourth-order valence-corrected chi connectivity index (χ4v) is 3.40. The van der Waals surface area contributed by atoms with Gasteiger partial charge in [0.2, 0.25) is 11.8 Å². The van der Waals surface area contributed by atoms with Crippen molar-refractivity contribution in [3.05, 3.63) is 108 Å². The molecule has 0 saturated heterocycles. The van der Waals surface area contributed by atoms with E-state index in [1.807, 2.05) is 97.9 Å². The van der Waals surface area contributed by atoms with Crippen LogP contribution in [0.4, 0.5) is 0 Å². The van der Waals surface area contributed by atoms with E-state index in [2.05, 4.69) is 10.6 Å². The highest BCUT2D eigenvalue weighted by atomic mass is 16.2. The zero-order valence-electron chi connectivity index (χ0n) is 16.5. The summed E-state index contributed by atoms with van der Waals surface area (Å²) >= 11 is 0. The molecule has 0 aliphatic heterocycles. The standard InChI is InChI=1S/C25H26N2O2/c1-2-26-24(28)22(18-19-12-6-3-7-13-19)27-25(29)23(20-14-8-4-9-15-20)21-16-10-5-11-17-21/h3-17,22-23H,2,18H2,1H3,(H,26,28)(H,27,29)/t22-/m1/s1. The van der Waals surface area contributed by atoms with Gasteiger partial charge in [-0.25, -0.2) is 0 Å². The Labute approximate surface area is 172 Å². The largest absolute Gasteiger partial charge is 0.355 e. The molecule has 0 saturated carbocycles. The molecule has 148 valence electrons. The molecule has 3 rings (SSSR count). The number of carbonyl (C=O) groups is 2. The second kappa shape index (κ2) is 10.2. The van der Waals surface area contributed by atoms with Crippen LogP contribution >= 0.6 is 0 Å². The Hall–Kier alpha value is -3.40. The van der Waals surface area contributed by atoms with Crippen LogP contribution in [0, 0.1) is 0 Å². The van der Waals surface area contributed by atoms with Crippen molar-refractivity contribution in [1.29, 1.82) is 0 Å². The third kappa shape index (κ3) is 5.55. The van der Waals surface area contributed by atoms with Gasteiger partial charge in [-0.05, 0) is 23.6 Å². The van der Waals surface area contributed by atoms with Crippen molar-refractivity contribution in [2.24, 2.45) is 0 Å². The van der Waals surface area contributed by atoms with E-state index in [1.165, 1.54) is 0 Å². The summed E-state index contributed by atoms with van der Waals surface area (Å²) < 4.78 is 0. The van der Waals surface area contributed by atoms with E-state index in [-0.39, 0.29) is 11.8 Å². The lowest BCUT2D eigenvalue weighted by molar-refractivity contribution is -0.129. The van der Waals surface area contributed by atoms with Crippen molar-refractivity contribution in [2.45, 2.75) is 25.3 Å². The second-order valence-corrected chi connectivity index (χ2v) is 6.90. The third-order valence-electron chi connectivity index (χ3n) is 4.79. The molecule has 2 amide bonds. The summed E-state index contributed by atoms with van der Waals surface area (Å²) in [5, 5.41) is 5.83. The monoisotopic (exact) mass is 386 g/mol. The van der Waals surface area contributed by atoms with Crippen molar-refractivity contribution in [3.8, 4) is 0 Å². The van der Waals surface area contributed by atoms with Crippen LogP contribution < -0.4 is 10.6 Å². The van der Waals surface area contributed by atoms with Crippen LogP contribution in [-0.4, -0.2) is 24.4 Å². The van der Waals surface area contributed by atoms with Gasteiger partial charge in [-0.3, -0.25) is 9.59 Å². The number of carbonyl (C=O) groups excluding carboxylic acids is 2. The molecule has 1 atom stereocenters. The first-order valence-electron chi connectivity index (χ1n) is 9.91. The van der Waals surface area contributed by atoms with Gasteiger partial charge in [0.1, 0.15) is 6.04 Å². The number of hydrogen-bond acceptors (Lipinski definition) is 2. The van der Waals surface area contributed by atoms with E-state index >= 15 is 0 Å². The zero-order chi connectivity index (χ0) is 20.5. The SMILES string of the molecule is CCNC(=O)[C@@H](Cc1ccccc1)NC(=O)C(c1ccccc1)c1ccccc1. The molecule has 0 aromatic heterocycles. The molecule has 2 N–H and O–H groups in total. The Morgan fingerprint density at radius 3 is 1.69 bits per heavy atom. The lowest BCUT2D eigenvalue weighted by Crippen LogP contribution is -2.49. The Morgan fingerprint density at radius 2 is 1.21 bits per heavy atom. The number of benzene rings is 3. The van der Waals surface area contributed by atoms with Crippen LogP contribution in [0.25, 0.3) is 0 Å². The average molecular weight is 386 g/mol. The van der Waals surface area contributed by atoms with Crippen molar-refractivity contribution < 1.29 is 9.59 Å². The van der Waals surface area contributed by atoms with E-state index in [1.54, 1.807) is 0 Å². The van der Waals surface area contributed by atoms with Gasteiger partial charge in [-0.2, -0.15) is 0 Å². The van der Waals surface area contributed by atoms with Gasteiger partial charge in [-0.1, -0.05) is 91.0 Å². The smallest absolute Gasteiger partial charge is 0.242 e. The summed E-state index contributed by atoms with van der Waals surface area (Å²) in [6.07, 6.45) is 0.439. The molecular formula is C25H26N2O2. The predicted molar refractivity (Wildman–Crippen MR) is 115 cm³/mol. The number of likely N-dealkylation sites (N-methyl/N-ethyl adjacent to an activating group) is 1. The Balaban J connectivity index is 1.87. The highest BCUT2D eigenvalue weighted by Crippen LogP contribution is 2.25. The Bertz CT molecular complexity index is 872. The van der Waals surface area contributed by atoms with E-state index in [9.17, 15) is 9.59 Å². The fraction of sp³-hybridized carbons (Fsp3) is 0.200. The zero-order valence-corrected chi connectivity index (χ0v) is 16.5. The molecule has 0 bridgehead atoms. The van der Waals surface area contributed by atoms with E-state index in [0.29, 0.717) is 13.0 Å². The van der Waals surface area contributed by atoms with Crippen molar-refractivity contribution in [3.63, 3.8) is 0 Å². The van der Waals surface area contributed by atoms with Crippen molar-refractivity contribution in [1.82, 2.24) is 10.6 Å². The first kappa shape index (κ1) is 20.3. The van der Waals surface area contributed by atoms with Crippen LogP contribution in [0.2, 0.25) is 0 Å². The first-order valence-corrected chi connectivity index (χ1v) is 9.91. The quantitative estimate of drug-likeness (QED) is 0.620. The van der Waals surface area contributed by atoms with Crippen molar-refractivity contribution in [2.75, 3.05) is 6.54 Å². The predicted octanol–water partition coefficient (Wildman–Crippen LogP) is 3.68. The molecule has 3 aromatic rings. The van der Waals surface area contributed by atoms with Gasteiger partial charge in [0.25, 0.3) is 0 Å². The molecule has 29 heavy (non-hydrogen) atoms. The minimum absolute atomic E-state index is 0.176. The minimum Gasteiger partial charge on any atom is -0.355 e. The van der Waals surface area contributed by atoms with Gasteiger partial charge in [0, 0.05) is 13.0 Å². The van der Waals surface area contributed by atoms with Crippen LogP contribution in [0.5, 0.6) is 0 Å². The second-order valence-electron chi connectivity index (χ2n) is 6.90. The number of hydrogen-bond donors (Lipinski definition) is 2. The maximum Gasteiger partial charge on any atom is 0.242 e. The van der Waals surface area contributed by atoms with Gasteiger partial charge in [-0.15, -0.1) is 0 Å². The fourth-order valence-electron chi connectivity index (χ4n) is 3.40. The summed E-state index contributed by atoms with van der Waals surface area (Å²) in [6, 6.07) is 28.4. The van der Waals surface area contributed by atoms with Crippen molar-refractivity contribution >= 4 is 11.8 Å². The normalized spacial score (nSPS) is 11.7.